The van der Waals surface area contributed by atoms with Crippen molar-refractivity contribution in [2.75, 3.05) is 5.32 Å². The third-order valence-corrected chi connectivity index (χ3v) is 3.30. The molecule has 2 heterocycles. The Morgan fingerprint density at radius 2 is 2.24 bits per heavy atom. The lowest BCUT2D eigenvalue weighted by Gasteiger charge is -2.07. The summed E-state index contributed by atoms with van der Waals surface area (Å²) >= 11 is 1.22. The third-order valence-electron chi connectivity index (χ3n) is 2.55. The Bertz CT molecular complexity index is 786. The number of hydrogen-bond donors (Lipinski definition) is 1. The summed E-state index contributed by atoms with van der Waals surface area (Å²) in [6.45, 7) is 1.77. The van der Waals surface area contributed by atoms with Crippen LogP contribution in [0.4, 0.5) is 9.52 Å². The summed E-state index contributed by atoms with van der Waals surface area (Å²) in [6.07, 6.45) is 1.32. The van der Waals surface area contributed by atoms with Crippen molar-refractivity contribution < 1.29 is 9.18 Å². The monoisotopic (exact) mass is 305 g/mol. The number of anilines is 1. The van der Waals surface area contributed by atoms with Crippen LogP contribution in [-0.4, -0.2) is 36.3 Å². The highest BCUT2D eigenvalue weighted by molar-refractivity contribution is 7.15. The molecule has 0 saturated heterocycles. The minimum atomic E-state index is -0.537. The number of nitrogens with zero attached hydrogens (tertiary/aromatic N) is 6. The summed E-state index contributed by atoms with van der Waals surface area (Å²) in [7, 11) is 0. The molecule has 10 heteroatoms. The van der Waals surface area contributed by atoms with E-state index in [0.29, 0.717) is 15.8 Å². The molecule has 0 unspecified atom stereocenters. The maximum atomic E-state index is 13.4. The zero-order valence-electron chi connectivity index (χ0n) is 10.7. The maximum absolute atomic E-state index is 13.4. The van der Waals surface area contributed by atoms with E-state index in [0.717, 1.165) is 6.07 Å². The number of halogens is 1. The van der Waals surface area contributed by atoms with Gasteiger partial charge in [-0.1, -0.05) is 11.3 Å². The fraction of sp³-hybridized carbons (Fsp3) is 0.0909. The number of tetrazole rings is 1. The van der Waals surface area contributed by atoms with Gasteiger partial charge in [-0.05, 0) is 35.5 Å². The second kappa shape index (κ2) is 5.32. The summed E-state index contributed by atoms with van der Waals surface area (Å²) in [6, 6.07) is 3.76. The summed E-state index contributed by atoms with van der Waals surface area (Å²) < 4.78 is 14.7. The highest BCUT2D eigenvalue weighted by Gasteiger charge is 2.16. The molecule has 106 valence electrons. The molecule has 1 N–H and O–H groups in total. The molecule has 3 rings (SSSR count). The lowest BCUT2D eigenvalue weighted by Crippen LogP contribution is -2.15. The quantitative estimate of drug-likeness (QED) is 0.781. The minimum absolute atomic E-state index is 0.0927. The fourth-order valence-electron chi connectivity index (χ4n) is 1.67. The fourth-order valence-corrected chi connectivity index (χ4v) is 2.26. The van der Waals surface area contributed by atoms with Crippen molar-refractivity contribution in [3.8, 4) is 5.69 Å². The molecule has 0 radical (unpaired) electrons. The van der Waals surface area contributed by atoms with Crippen LogP contribution in [0.3, 0.4) is 0 Å². The predicted octanol–water partition coefficient (Wildman–Crippen LogP) is 1.21. The molecule has 0 spiro atoms. The number of rotatable bonds is 3. The van der Waals surface area contributed by atoms with E-state index < -0.39 is 11.7 Å². The van der Waals surface area contributed by atoms with Crippen molar-refractivity contribution in [1.82, 2.24) is 30.4 Å². The smallest absolute Gasteiger partial charge is 0.259 e. The molecule has 0 aliphatic heterocycles. The van der Waals surface area contributed by atoms with Crippen molar-refractivity contribution in [2.24, 2.45) is 0 Å². The topological polar surface area (TPSA) is 98.5 Å². The lowest BCUT2D eigenvalue weighted by atomic mass is 10.1. The first-order valence-corrected chi connectivity index (χ1v) is 6.59. The minimum Gasteiger partial charge on any atom is -0.296 e. The van der Waals surface area contributed by atoms with Crippen LogP contribution in [0, 0.1) is 12.7 Å². The molecular formula is C11H8FN7OS. The molecule has 0 saturated carbocycles. The third kappa shape index (κ3) is 2.74. The molecule has 21 heavy (non-hydrogen) atoms. The largest absolute Gasteiger partial charge is 0.296 e. The van der Waals surface area contributed by atoms with Crippen molar-refractivity contribution in [1.29, 1.82) is 0 Å². The van der Waals surface area contributed by atoms with Crippen molar-refractivity contribution >= 4 is 22.4 Å². The number of benzene rings is 1. The van der Waals surface area contributed by atoms with Crippen LogP contribution >= 0.6 is 11.3 Å². The van der Waals surface area contributed by atoms with Crippen LogP contribution in [0.25, 0.3) is 5.69 Å². The SMILES string of the molecule is Cc1nnc(NC(=O)c2cc(F)ccc2-n2cnnn2)s1. The van der Waals surface area contributed by atoms with Crippen molar-refractivity contribution in [3.05, 3.63) is 40.9 Å². The highest BCUT2D eigenvalue weighted by atomic mass is 32.1. The van der Waals surface area contributed by atoms with E-state index >= 15 is 0 Å². The Balaban J connectivity index is 1.97. The molecule has 0 aliphatic rings. The normalized spacial score (nSPS) is 10.6. The first-order valence-electron chi connectivity index (χ1n) is 5.78. The molecule has 0 fully saturated rings. The van der Waals surface area contributed by atoms with Crippen LogP contribution < -0.4 is 5.32 Å². The van der Waals surface area contributed by atoms with Gasteiger partial charge < -0.3 is 0 Å². The van der Waals surface area contributed by atoms with Gasteiger partial charge in [0.15, 0.2) is 0 Å². The van der Waals surface area contributed by atoms with E-state index in [1.807, 2.05) is 0 Å². The number of amides is 1. The first-order chi connectivity index (χ1) is 10.1. The number of carbonyl (C=O) groups is 1. The second-order valence-electron chi connectivity index (χ2n) is 4.00. The van der Waals surface area contributed by atoms with Gasteiger partial charge in [-0.2, -0.15) is 4.68 Å². The van der Waals surface area contributed by atoms with Crippen molar-refractivity contribution in [2.45, 2.75) is 6.92 Å². The second-order valence-corrected chi connectivity index (χ2v) is 5.18. The summed E-state index contributed by atoms with van der Waals surface area (Å²) in [4.78, 5) is 12.3. The number of carbonyl (C=O) groups excluding carboxylic acids is 1. The molecule has 0 aliphatic carbocycles. The van der Waals surface area contributed by atoms with E-state index in [4.69, 9.17) is 0 Å². The van der Waals surface area contributed by atoms with Gasteiger partial charge in [-0.25, -0.2) is 4.39 Å². The van der Waals surface area contributed by atoms with Gasteiger partial charge in [0.2, 0.25) is 5.13 Å². The zero-order valence-corrected chi connectivity index (χ0v) is 11.5. The van der Waals surface area contributed by atoms with Crippen LogP contribution in [0.5, 0.6) is 0 Å². The van der Waals surface area contributed by atoms with Gasteiger partial charge in [-0.3, -0.25) is 10.1 Å². The molecule has 3 aromatic rings. The Morgan fingerprint density at radius 3 is 2.90 bits per heavy atom. The van der Waals surface area contributed by atoms with E-state index in [1.165, 1.54) is 34.5 Å². The van der Waals surface area contributed by atoms with Crippen LogP contribution in [0.15, 0.2) is 24.5 Å². The van der Waals surface area contributed by atoms with Crippen LogP contribution in [-0.2, 0) is 0 Å². The number of nitrogens with one attached hydrogen (secondary N) is 1. The number of aromatic nitrogens is 6. The average Bonchev–Trinajstić information content (AvgIpc) is 3.10. The average molecular weight is 305 g/mol. The lowest BCUT2D eigenvalue weighted by molar-refractivity contribution is 0.102. The molecule has 0 atom stereocenters. The summed E-state index contributed by atoms with van der Waals surface area (Å²) in [5, 5.41) is 21.9. The Labute approximate surface area is 121 Å². The number of hydrogen-bond acceptors (Lipinski definition) is 7. The summed E-state index contributed by atoms with van der Waals surface area (Å²) in [5.41, 5.74) is 0.454. The predicted molar refractivity (Wildman–Crippen MR) is 71.7 cm³/mol. The van der Waals surface area contributed by atoms with Gasteiger partial charge in [0.05, 0.1) is 11.3 Å². The molecule has 1 aromatic carbocycles. The first kappa shape index (κ1) is 13.2. The number of aryl methyl sites for hydroxylation is 1. The zero-order chi connectivity index (χ0) is 14.8. The van der Waals surface area contributed by atoms with E-state index in [2.05, 4.69) is 31.0 Å². The Hall–Kier alpha value is -2.75. The van der Waals surface area contributed by atoms with Gasteiger partial charge in [-0.15, -0.1) is 15.3 Å². The molecule has 1 amide bonds. The molecule has 2 aromatic heterocycles. The van der Waals surface area contributed by atoms with E-state index in [1.54, 1.807) is 6.92 Å². The Kier molecular flexibility index (Phi) is 3.36. The van der Waals surface area contributed by atoms with Crippen LogP contribution in [0.1, 0.15) is 15.4 Å². The van der Waals surface area contributed by atoms with E-state index in [9.17, 15) is 9.18 Å². The van der Waals surface area contributed by atoms with Gasteiger partial charge >= 0.3 is 0 Å². The standard InChI is InChI=1S/C11H8FN7OS/c1-6-15-16-11(21-6)14-10(20)8-4-7(12)2-3-9(8)19-5-13-17-18-19/h2-5H,1H3,(H,14,16,20). The van der Waals surface area contributed by atoms with Crippen LogP contribution in [0.2, 0.25) is 0 Å². The van der Waals surface area contributed by atoms with Gasteiger partial charge in [0, 0.05) is 0 Å². The molecular weight excluding hydrogens is 297 g/mol. The summed E-state index contributed by atoms with van der Waals surface area (Å²) in [5.74, 6) is -1.05. The molecule has 8 nitrogen and oxygen atoms in total. The van der Waals surface area contributed by atoms with E-state index in [-0.39, 0.29) is 5.56 Å². The van der Waals surface area contributed by atoms with Crippen molar-refractivity contribution in [3.63, 3.8) is 0 Å². The van der Waals surface area contributed by atoms with Gasteiger partial charge in [0.1, 0.15) is 17.2 Å². The highest BCUT2D eigenvalue weighted by Crippen LogP contribution is 2.19. The Morgan fingerprint density at radius 1 is 1.38 bits per heavy atom. The van der Waals surface area contributed by atoms with Gasteiger partial charge in [0.25, 0.3) is 5.91 Å². The maximum Gasteiger partial charge on any atom is 0.259 e. The molecule has 0 bridgehead atoms.